The Morgan fingerprint density at radius 1 is 1.28 bits per heavy atom. The highest BCUT2D eigenvalue weighted by atomic mass is 35.5. The average Bonchev–Trinajstić information content (AvgIpc) is 2.91. The van der Waals surface area contributed by atoms with Crippen molar-refractivity contribution in [1.82, 2.24) is 0 Å². The lowest BCUT2D eigenvalue weighted by atomic mass is 10.3. The number of halogens is 1. The fraction of sp³-hybridized carbons (Fsp3) is 0.0769. The summed E-state index contributed by atoms with van der Waals surface area (Å²) < 4.78 is 4.74. The van der Waals surface area contributed by atoms with Crippen LogP contribution in [0.2, 0.25) is 5.02 Å². The molecule has 92 valence electrons. The van der Waals surface area contributed by atoms with E-state index in [-0.39, 0.29) is 0 Å². The zero-order valence-corrected chi connectivity index (χ0v) is 11.2. The summed E-state index contributed by atoms with van der Waals surface area (Å²) in [5, 5.41) is 2.51. The van der Waals surface area contributed by atoms with Crippen molar-refractivity contribution in [3.8, 4) is 0 Å². The van der Waals surface area contributed by atoms with E-state index in [0.717, 1.165) is 4.88 Å². The summed E-state index contributed by atoms with van der Waals surface area (Å²) in [6.07, 6.45) is 0. The number of hydrogen-bond acceptors (Lipinski definition) is 4. The van der Waals surface area contributed by atoms with Gasteiger partial charge in [-0.1, -0.05) is 17.7 Å². The largest absolute Gasteiger partial charge is 0.464 e. The van der Waals surface area contributed by atoms with Crippen molar-refractivity contribution in [2.75, 3.05) is 7.11 Å². The Morgan fingerprint density at radius 3 is 2.56 bits per heavy atom. The molecular weight excluding hydrogens is 270 g/mol. The summed E-state index contributed by atoms with van der Waals surface area (Å²) in [6, 6.07) is 10.6. The number of ether oxygens (including phenoxy) is 1. The van der Waals surface area contributed by atoms with Gasteiger partial charge in [-0.3, -0.25) is 0 Å². The van der Waals surface area contributed by atoms with E-state index in [9.17, 15) is 4.79 Å². The van der Waals surface area contributed by atoms with Crippen molar-refractivity contribution in [2.24, 2.45) is 4.99 Å². The van der Waals surface area contributed by atoms with E-state index in [1.807, 2.05) is 17.5 Å². The molecule has 3 nitrogen and oxygen atoms in total. The predicted molar refractivity (Wildman–Crippen MR) is 74.0 cm³/mol. The lowest BCUT2D eigenvalue weighted by Gasteiger charge is -2.02. The van der Waals surface area contributed by atoms with Crippen LogP contribution in [0.3, 0.4) is 0 Å². The van der Waals surface area contributed by atoms with Gasteiger partial charge in [-0.2, -0.15) is 0 Å². The summed E-state index contributed by atoms with van der Waals surface area (Å²) in [6.45, 7) is 0. The number of carbonyl (C=O) groups excluding carboxylic acids is 1. The number of esters is 1. The minimum absolute atomic E-state index is 0.301. The number of benzene rings is 1. The van der Waals surface area contributed by atoms with Gasteiger partial charge in [0, 0.05) is 5.02 Å². The monoisotopic (exact) mass is 279 g/mol. The molecule has 1 aromatic carbocycles. The summed E-state index contributed by atoms with van der Waals surface area (Å²) in [7, 11) is 1.34. The number of thiophene rings is 1. The molecule has 0 spiro atoms. The van der Waals surface area contributed by atoms with Crippen LogP contribution in [0.1, 0.15) is 4.88 Å². The van der Waals surface area contributed by atoms with Crippen molar-refractivity contribution >= 4 is 40.3 Å². The van der Waals surface area contributed by atoms with Crippen LogP contribution in [0.25, 0.3) is 0 Å². The molecule has 2 rings (SSSR count). The lowest BCUT2D eigenvalue weighted by Crippen LogP contribution is -2.15. The maximum Gasteiger partial charge on any atom is 0.358 e. The lowest BCUT2D eigenvalue weighted by molar-refractivity contribution is -0.132. The van der Waals surface area contributed by atoms with E-state index < -0.39 is 5.97 Å². The molecule has 0 saturated heterocycles. The van der Waals surface area contributed by atoms with E-state index in [4.69, 9.17) is 16.3 Å². The molecule has 5 heteroatoms. The molecule has 0 radical (unpaired) electrons. The SMILES string of the molecule is COC(=O)C(=Nc1ccc(Cl)cc1)c1cccs1. The molecule has 0 aliphatic carbocycles. The second-order valence-corrected chi connectivity index (χ2v) is 4.79. The van der Waals surface area contributed by atoms with Gasteiger partial charge in [0.25, 0.3) is 0 Å². The molecule has 0 fully saturated rings. The molecule has 0 atom stereocenters. The van der Waals surface area contributed by atoms with Gasteiger partial charge in [-0.25, -0.2) is 9.79 Å². The Bertz CT molecular complexity index is 561. The van der Waals surface area contributed by atoms with Crippen LogP contribution < -0.4 is 0 Å². The molecule has 0 bridgehead atoms. The third-order valence-electron chi connectivity index (χ3n) is 2.20. The van der Waals surface area contributed by atoms with Crippen molar-refractivity contribution in [2.45, 2.75) is 0 Å². The van der Waals surface area contributed by atoms with Crippen LogP contribution in [0.5, 0.6) is 0 Å². The fourth-order valence-electron chi connectivity index (χ4n) is 1.36. The van der Waals surface area contributed by atoms with Gasteiger partial charge in [0.1, 0.15) is 0 Å². The average molecular weight is 280 g/mol. The topological polar surface area (TPSA) is 38.7 Å². The van der Waals surface area contributed by atoms with Crippen molar-refractivity contribution in [3.63, 3.8) is 0 Å². The number of carbonyl (C=O) groups is 1. The number of methoxy groups -OCH3 is 1. The molecule has 0 unspecified atom stereocenters. The van der Waals surface area contributed by atoms with E-state index in [2.05, 4.69) is 4.99 Å². The molecular formula is C13H10ClNO2S. The van der Waals surface area contributed by atoms with Crippen LogP contribution in [0, 0.1) is 0 Å². The first-order chi connectivity index (χ1) is 8.70. The van der Waals surface area contributed by atoms with E-state index in [0.29, 0.717) is 16.4 Å². The zero-order chi connectivity index (χ0) is 13.0. The summed E-state index contributed by atoms with van der Waals surface area (Å²) in [5.41, 5.74) is 0.961. The Kier molecular flexibility index (Phi) is 4.12. The molecule has 0 saturated carbocycles. The zero-order valence-electron chi connectivity index (χ0n) is 9.59. The molecule has 2 aromatic rings. The maximum atomic E-state index is 11.7. The number of hydrogen-bond donors (Lipinski definition) is 0. The minimum atomic E-state index is -0.451. The molecule has 0 aliphatic heterocycles. The molecule has 0 amide bonds. The van der Waals surface area contributed by atoms with Gasteiger partial charge in [0.05, 0.1) is 17.7 Å². The van der Waals surface area contributed by atoms with Crippen molar-refractivity contribution in [1.29, 1.82) is 0 Å². The number of aliphatic imine (C=N–C) groups is 1. The van der Waals surface area contributed by atoms with Crippen LogP contribution in [0.4, 0.5) is 5.69 Å². The Hall–Kier alpha value is -1.65. The highest BCUT2D eigenvalue weighted by Gasteiger charge is 2.15. The van der Waals surface area contributed by atoms with Gasteiger partial charge >= 0.3 is 5.97 Å². The molecule has 1 heterocycles. The predicted octanol–water partition coefficient (Wildman–Crippen LogP) is 3.70. The van der Waals surface area contributed by atoms with E-state index in [1.54, 1.807) is 24.3 Å². The molecule has 18 heavy (non-hydrogen) atoms. The second kappa shape index (κ2) is 5.80. The normalized spacial score (nSPS) is 11.3. The standard InChI is InChI=1S/C13H10ClNO2S/c1-17-13(16)12(11-3-2-8-18-11)15-10-6-4-9(14)5-7-10/h2-8H,1H3. The van der Waals surface area contributed by atoms with Gasteiger partial charge in [-0.05, 0) is 35.7 Å². The summed E-state index contributed by atoms with van der Waals surface area (Å²) in [4.78, 5) is 16.8. The van der Waals surface area contributed by atoms with Crippen LogP contribution in [-0.2, 0) is 9.53 Å². The van der Waals surface area contributed by atoms with E-state index >= 15 is 0 Å². The summed E-state index contributed by atoms with van der Waals surface area (Å²) in [5.74, 6) is -0.451. The molecule has 0 N–H and O–H groups in total. The highest BCUT2D eigenvalue weighted by molar-refractivity contribution is 7.13. The van der Waals surface area contributed by atoms with Crippen LogP contribution in [-0.4, -0.2) is 18.8 Å². The quantitative estimate of drug-likeness (QED) is 0.635. The van der Waals surface area contributed by atoms with Gasteiger partial charge < -0.3 is 4.74 Å². The highest BCUT2D eigenvalue weighted by Crippen LogP contribution is 2.19. The van der Waals surface area contributed by atoms with Gasteiger partial charge in [0.15, 0.2) is 5.71 Å². The minimum Gasteiger partial charge on any atom is -0.464 e. The third-order valence-corrected chi connectivity index (χ3v) is 3.33. The smallest absolute Gasteiger partial charge is 0.358 e. The van der Waals surface area contributed by atoms with Crippen molar-refractivity contribution in [3.05, 3.63) is 51.7 Å². The van der Waals surface area contributed by atoms with Gasteiger partial charge in [0.2, 0.25) is 0 Å². The first-order valence-corrected chi connectivity index (χ1v) is 6.43. The first kappa shape index (κ1) is 12.8. The van der Waals surface area contributed by atoms with Crippen molar-refractivity contribution < 1.29 is 9.53 Å². The third kappa shape index (κ3) is 2.97. The Balaban J connectivity index is 2.40. The number of nitrogens with zero attached hydrogens (tertiary/aromatic N) is 1. The fourth-order valence-corrected chi connectivity index (χ4v) is 2.18. The number of rotatable bonds is 3. The van der Waals surface area contributed by atoms with Crippen LogP contribution in [0.15, 0.2) is 46.8 Å². The Morgan fingerprint density at radius 2 is 2.00 bits per heavy atom. The Labute approximate surface area is 114 Å². The first-order valence-electron chi connectivity index (χ1n) is 5.17. The van der Waals surface area contributed by atoms with Gasteiger partial charge in [-0.15, -0.1) is 11.3 Å². The summed E-state index contributed by atoms with van der Waals surface area (Å²) >= 11 is 7.24. The van der Waals surface area contributed by atoms with E-state index in [1.165, 1.54) is 18.4 Å². The maximum absolute atomic E-state index is 11.7. The second-order valence-electron chi connectivity index (χ2n) is 3.41. The molecule has 1 aromatic heterocycles. The van der Waals surface area contributed by atoms with Crippen LogP contribution >= 0.6 is 22.9 Å². The molecule has 0 aliphatic rings.